The summed E-state index contributed by atoms with van der Waals surface area (Å²) in [7, 11) is 0. The van der Waals surface area contributed by atoms with E-state index >= 15 is 0 Å². The second kappa shape index (κ2) is 8.96. The van der Waals surface area contributed by atoms with Gasteiger partial charge >= 0.3 is 6.03 Å². The zero-order valence-corrected chi connectivity index (χ0v) is 15.6. The van der Waals surface area contributed by atoms with Crippen LogP contribution in [0.2, 0.25) is 0 Å². The van der Waals surface area contributed by atoms with E-state index in [1.54, 1.807) is 48.8 Å². The highest BCUT2D eigenvalue weighted by molar-refractivity contribution is 7.99. The monoisotopic (exact) mass is 395 g/mol. The molecular formula is C19H17N5O3S. The van der Waals surface area contributed by atoms with E-state index in [-0.39, 0.29) is 17.9 Å². The van der Waals surface area contributed by atoms with E-state index in [1.807, 2.05) is 0 Å². The molecule has 3 aromatic rings. The summed E-state index contributed by atoms with van der Waals surface area (Å²) in [5.41, 5.74) is 0.807. The highest BCUT2D eigenvalue weighted by Gasteiger charge is 2.15. The molecule has 0 bridgehead atoms. The third-order valence-electron chi connectivity index (χ3n) is 3.64. The summed E-state index contributed by atoms with van der Waals surface area (Å²) in [4.78, 5) is 45.2. The molecule has 2 heterocycles. The van der Waals surface area contributed by atoms with Crippen molar-refractivity contribution in [3.05, 3.63) is 71.8 Å². The lowest BCUT2D eigenvalue weighted by Crippen LogP contribution is -2.40. The summed E-state index contributed by atoms with van der Waals surface area (Å²) < 4.78 is 1.41. The lowest BCUT2D eigenvalue weighted by Gasteiger charge is -2.12. The minimum Gasteiger partial charge on any atom is -0.334 e. The lowest BCUT2D eigenvalue weighted by atomic mass is 10.2. The van der Waals surface area contributed by atoms with E-state index in [1.165, 1.54) is 10.6 Å². The van der Waals surface area contributed by atoms with E-state index in [0.717, 1.165) is 11.8 Å². The Bertz CT molecular complexity index is 1080. The predicted molar refractivity (Wildman–Crippen MR) is 108 cm³/mol. The van der Waals surface area contributed by atoms with E-state index < -0.39 is 11.9 Å². The predicted octanol–water partition coefficient (Wildman–Crippen LogP) is 1.88. The number of carbonyl (C=O) groups excluding carboxylic acids is 2. The molecule has 28 heavy (non-hydrogen) atoms. The van der Waals surface area contributed by atoms with E-state index in [4.69, 9.17) is 0 Å². The Hall–Kier alpha value is -3.46. The molecule has 2 aromatic heterocycles. The van der Waals surface area contributed by atoms with Gasteiger partial charge in [0.05, 0.1) is 28.5 Å². The first kappa shape index (κ1) is 19.3. The molecule has 0 aliphatic heterocycles. The quantitative estimate of drug-likeness (QED) is 0.375. The number of thioether (sulfide) groups is 1. The molecule has 8 nitrogen and oxygen atoms in total. The fourth-order valence-corrected chi connectivity index (χ4v) is 3.24. The van der Waals surface area contributed by atoms with Gasteiger partial charge in [0.2, 0.25) is 5.91 Å². The van der Waals surface area contributed by atoms with Crippen LogP contribution < -0.4 is 16.2 Å². The number of benzene rings is 1. The Morgan fingerprint density at radius 2 is 2.04 bits per heavy atom. The van der Waals surface area contributed by atoms with Crippen LogP contribution in [-0.4, -0.2) is 38.8 Å². The third-order valence-corrected chi connectivity index (χ3v) is 4.58. The molecule has 1 aromatic carbocycles. The number of urea groups is 1. The number of para-hydroxylation sites is 1. The second-order valence-electron chi connectivity index (χ2n) is 5.60. The van der Waals surface area contributed by atoms with Gasteiger partial charge in [-0.05, 0) is 24.3 Å². The van der Waals surface area contributed by atoms with Crippen molar-refractivity contribution >= 4 is 34.6 Å². The van der Waals surface area contributed by atoms with Crippen LogP contribution in [0.1, 0.15) is 0 Å². The minimum absolute atomic E-state index is 0.0907. The van der Waals surface area contributed by atoms with Crippen LogP contribution in [0.3, 0.4) is 0 Å². The van der Waals surface area contributed by atoms with Gasteiger partial charge in [0.15, 0.2) is 5.16 Å². The first-order chi connectivity index (χ1) is 13.6. The van der Waals surface area contributed by atoms with E-state index in [9.17, 15) is 14.4 Å². The molecular weight excluding hydrogens is 378 g/mol. The molecule has 9 heteroatoms. The largest absolute Gasteiger partial charge is 0.334 e. The number of pyridine rings is 1. The smallest absolute Gasteiger partial charge is 0.321 e. The van der Waals surface area contributed by atoms with Crippen LogP contribution in [0.25, 0.3) is 16.6 Å². The van der Waals surface area contributed by atoms with E-state index in [0.29, 0.717) is 21.7 Å². The number of nitrogens with one attached hydrogen (secondary N) is 2. The topological polar surface area (TPSA) is 106 Å². The van der Waals surface area contributed by atoms with Gasteiger partial charge in [-0.25, -0.2) is 9.78 Å². The first-order valence-electron chi connectivity index (χ1n) is 8.33. The number of rotatable bonds is 6. The number of amides is 3. The maximum absolute atomic E-state index is 13.0. The standard InChI is InChI=1S/C19H17N5O3S/c1-2-9-21-18(27)23-16(25)12-28-19-22-15-8-4-3-7-14(15)17(26)24(19)13-6-5-10-20-11-13/h2-8,10-11H,1,9,12H2,(H2,21,23,25,27). The lowest BCUT2D eigenvalue weighted by molar-refractivity contribution is -0.117. The number of hydrogen-bond donors (Lipinski definition) is 2. The first-order valence-corrected chi connectivity index (χ1v) is 9.32. The molecule has 0 aliphatic rings. The van der Waals surface area contributed by atoms with Crippen molar-refractivity contribution in [1.29, 1.82) is 0 Å². The summed E-state index contributed by atoms with van der Waals surface area (Å²) in [5.74, 6) is -0.598. The van der Waals surface area contributed by atoms with E-state index in [2.05, 4.69) is 27.2 Å². The summed E-state index contributed by atoms with van der Waals surface area (Å²) in [6, 6.07) is 9.82. The van der Waals surface area contributed by atoms with Crippen LogP contribution in [0.15, 0.2) is 71.4 Å². The number of carbonyl (C=O) groups is 2. The second-order valence-corrected chi connectivity index (χ2v) is 6.54. The average Bonchev–Trinajstić information content (AvgIpc) is 2.71. The van der Waals surface area contributed by atoms with Crippen molar-refractivity contribution in [2.24, 2.45) is 0 Å². The molecule has 2 N–H and O–H groups in total. The number of imide groups is 1. The maximum atomic E-state index is 13.0. The third kappa shape index (κ3) is 4.44. The Morgan fingerprint density at radius 1 is 1.21 bits per heavy atom. The molecule has 0 unspecified atom stereocenters. The summed E-state index contributed by atoms with van der Waals surface area (Å²) >= 11 is 1.06. The van der Waals surface area contributed by atoms with Gasteiger partial charge in [0.1, 0.15) is 0 Å². The maximum Gasteiger partial charge on any atom is 0.321 e. The Morgan fingerprint density at radius 3 is 2.79 bits per heavy atom. The SMILES string of the molecule is C=CCNC(=O)NC(=O)CSc1nc2ccccc2c(=O)n1-c1cccnc1. The fourth-order valence-electron chi connectivity index (χ4n) is 2.42. The van der Waals surface area contributed by atoms with Crippen LogP contribution in [0.5, 0.6) is 0 Å². The fraction of sp³-hybridized carbons (Fsp3) is 0.105. The highest BCUT2D eigenvalue weighted by atomic mass is 32.2. The van der Waals surface area contributed by atoms with Gasteiger partial charge in [-0.15, -0.1) is 6.58 Å². The molecule has 0 spiro atoms. The van der Waals surface area contributed by atoms with Gasteiger partial charge in [-0.3, -0.25) is 24.5 Å². The van der Waals surface area contributed by atoms with Crippen molar-refractivity contribution < 1.29 is 9.59 Å². The Balaban J connectivity index is 1.89. The summed E-state index contributed by atoms with van der Waals surface area (Å²) in [5, 5.41) is 5.46. The van der Waals surface area contributed by atoms with Crippen molar-refractivity contribution in [3.63, 3.8) is 0 Å². The van der Waals surface area contributed by atoms with Gasteiger partial charge in [-0.1, -0.05) is 30.0 Å². The molecule has 142 valence electrons. The van der Waals surface area contributed by atoms with Crippen LogP contribution >= 0.6 is 11.8 Å². The van der Waals surface area contributed by atoms with Crippen molar-refractivity contribution in [3.8, 4) is 5.69 Å². The Kier molecular flexibility index (Phi) is 6.18. The number of hydrogen-bond acceptors (Lipinski definition) is 6. The number of nitrogens with zero attached hydrogens (tertiary/aromatic N) is 3. The summed E-state index contributed by atoms with van der Waals surface area (Å²) in [6.45, 7) is 3.73. The molecule has 0 fully saturated rings. The van der Waals surface area contributed by atoms with Crippen molar-refractivity contribution in [1.82, 2.24) is 25.2 Å². The summed E-state index contributed by atoms with van der Waals surface area (Å²) in [6.07, 6.45) is 4.65. The molecule has 3 amide bonds. The molecule has 0 atom stereocenters. The molecule has 0 aliphatic carbocycles. The van der Waals surface area contributed by atoms with Crippen LogP contribution in [0, 0.1) is 0 Å². The van der Waals surface area contributed by atoms with Gasteiger partial charge in [-0.2, -0.15) is 0 Å². The zero-order chi connectivity index (χ0) is 19.9. The normalized spacial score (nSPS) is 10.4. The Labute approximate surface area is 164 Å². The van der Waals surface area contributed by atoms with Gasteiger partial charge in [0, 0.05) is 12.7 Å². The molecule has 0 saturated heterocycles. The molecule has 0 radical (unpaired) electrons. The zero-order valence-electron chi connectivity index (χ0n) is 14.8. The minimum atomic E-state index is -0.610. The van der Waals surface area contributed by atoms with Crippen molar-refractivity contribution in [2.45, 2.75) is 5.16 Å². The number of fused-ring (bicyclic) bond motifs is 1. The average molecular weight is 395 g/mol. The van der Waals surface area contributed by atoms with Crippen molar-refractivity contribution in [2.75, 3.05) is 12.3 Å². The van der Waals surface area contributed by atoms with Gasteiger partial charge < -0.3 is 5.32 Å². The molecule has 3 rings (SSSR count). The van der Waals surface area contributed by atoms with Crippen LogP contribution in [-0.2, 0) is 4.79 Å². The van der Waals surface area contributed by atoms with Gasteiger partial charge in [0.25, 0.3) is 5.56 Å². The highest BCUT2D eigenvalue weighted by Crippen LogP contribution is 2.20. The van der Waals surface area contributed by atoms with Crippen LogP contribution in [0.4, 0.5) is 4.79 Å². The number of aromatic nitrogens is 3. The molecule has 0 saturated carbocycles.